The lowest BCUT2D eigenvalue weighted by Crippen LogP contribution is -2.15. The average molecular weight is 363 g/mol. The minimum Gasteiger partial charge on any atom is -0.339 e. The summed E-state index contributed by atoms with van der Waals surface area (Å²) in [4.78, 5) is 25.6. The summed E-state index contributed by atoms with van der Waals surface area (Å²) in [6.45, 7) is 0. The van der Waals surface area contributed by atoms with Crippen molar-refractivity contribution in [1.29, 1.82) is 0 Å². The van der Waals surface area contributed by atoms with Crippen LogP contribution in [0.1, 0.15) is 21.9 Å². The molecule has 4 aromatic rings. The second kappa shape index (κ2) is 7.24. The molecule has 0 bridgehead atoms. The van der Waals surface area contributed by atoms with E-state index in [1.807, 2.05) is 41.8 Å². The van der Waals surface area contributed by atoms with Crippen LogP contribution in [0.4, 0.5) is 5.69 Å². The molecule has 0 saturated carbocycles. The Bertz CT molecular complexity index is 1020. The number of carbonyl (C=O) groups is 1. The van der Waals surface area contributed by atoms with E-state index in [4.69, 9.17) is 4.52 Å². The van der Waals surface area contributed by atoms with Crippen molar-refractivity contribution in [3.05, 3.63) is 77.5 Å². The SMILES string of the molecule is O=C(Nc1ccccc1Cc1nc(-c2cccs2)no1)c1cnccn1. The van der Waals surface area contributed by atoms with Gasteiger partial charge in [0.25, 0.3) is 5.91 Å². The molecule has 0 atom stereocenters. The molecule has 4 rings (SSSR count). The summed E-state index contributed by atoms with van der Waals surface area (Å²) in [6.07, 6.45) is 4.83. The van der Waals surface area contributed by atoms with E-state index in [1.165, 1.54) is 18.6 Å². The minimum absolute atomic E-state index is 0.250. The number of nitrogens with zero attached hydrogens (tertiary/aromatic N) is 4. The average Bonchev–Trinajstić information content (AvgIpc) is 3.36. The van der Waals surface area contributed by atoms with Crippen LogP contribution in [0.2, 0.25) is 0 Å². The van der Waals surface area contributed by atoms with Gasteiger partial charge in [0.05, 0.1) is 17.5 Å². The number of carbonyl (C=O) groups excluding carboxylic acids is 1. The number of nitrogens with one attached hydrogen (secondary N) is 1. The van der Waals surface area contributed by atoms with Gasteiger partial charge in [-0.2, -0.15) is 4.98 Å². The van der Waals surface area contributed by atoms with Crippen molar-refractivity contribution in [2.24, 2.45) is 0 Å². The highest BCUT2D eigenvalue weighted by atomic mass is 32.1. The van der Waals surface area contributed by atoms with E-state index in [2.05, 4.69) is 25.4 Å². The lowest BCUT2D eigenvalue weighted by Gasteiger charge is -2.09. The quantitative estimate of drug-likeness (QED) is 0.584. The summed E-state index contributed by atoms with van der Waals surface area (Å²) in [6, 6.07) is 11.3. The number of anilines is 1. The van der Waals surface area contributed by atoms with Crippen molar-refractivity contribution < 1.29 is 9.32 Å². The molecule has 3 aromatic heterocycles. The lowest BCUT2D eigenvalue weighted by molar-refractivity contribution is 0.102. The van der Waals surface area contributed by atoms with Gasteiger partial charge >= 0.3 is 0 Å². The summed E-state index contributed by atoms with van der Waals surface area (Å²) in [5.41, 5.74) is 1.78. The van der Waals surface area contributed by atoms with E-state index in [1.54, 1.807) is 11.3 Å². The Hall–Kier alpha value is -3.39. The maximum Gasteiger partial charge on any atom is 0.275 e. The molecule has 0 aliphatic rings. The van der Waals surface area contributed by atoms with Crippen LogP contribution in [0.25, 0.3) is 10.7 Å². The van der Waals surface area contributed by atoms with E-state index in [0.717, 1.165) is 10.4 Å². The summed E-state index contributed by atoms with van der Waals surface area (Å²) >= 11 is 1.55. The van der Waals surface area contributed by atoms with Crippen LogP contribution in [-0.4, -0.2) is 26.0 Å². The van der Waals surface area contributed by atoms with Crippen LogP contribution in [0.15, 0.2) is 64.9 Å². The Labute approximate surface area is 152 Å². The van der Waals surface area contributed by atoms with Gasteiger partial charge in [-0.1, -0.05) is 29.4 Å². The molecule has 128 valence electrons. The Morgan fingerprint density at radius 3 is 2.88 bits per heavy atom. The number of para-hydroxylation sites is 1. The fourth-order valence-electron chi connectivity index (χ4n) is 2.39. The number of benzene rings is 1. The maximum absolute atomic E-state index is 12.3. The van der Waals surface area contributed by atoms with Gasteiger partial charge in [-0.05, 0) is 23.1 Å². The zero-order valence-electron chi connectivity index (χ0n) is 13.5. The van der Waals surface area contributed by atoms with Gasteiger partial charge in [0.2, 0.25) is 11.7 Å². The van der Waals surface area contributed by atoms with E-state index in [0.29, 0.717) is 23.8 Å². The first-order chi connectivity index (χ1) is 12.8. The molecule has 1 N–H and O–H groups in total. The summed E-state index contributed by atoms with van der Waals surface area (Å²) < 4.78 is 5.35. The molecular formula is C18H13N5O2S. The van der Waals surface area contributed by atoms with Gasteiger partial charge in [-0.25, -0.2) is 4.98 Å². The molecule has 3 heterocycles. The molecule has 7 nitrogen and oxygen atoms in total. The number of hydrogen-bond donors (Lipinski definition) is 1. The molecule has 1 aromatic carbocycles. The third-order valence-electron chi connectivity index (χ3n) is 3.61. The molecule has 0 fully saturated rings. The molecule has 0 unspecified atom stereocenters. The first kappa shape index (κ1) is 16.1. The molecule has 26 heavy (non-hydrogen) atoms. The van der Waals surface area contributed by atoms with Crippen LogP contribution in [0.3, 0.4) is 0 Å². The van der Waals surface area contributed by atoms with Crippen molar-refractivity contribution in [2.45, 2.75) is 6.42 Å². The van der Waals surface area contributed by atoms with Gasteiger partial charge < -0.3 is 9.84 Å². The van der Waals surface area contributed by atoms with Crippen molar-refractivity contribution in [2.75, 3.05) is 5.32 Å². The molecular weight excluding hydrogens is 350 g/mol. The van der Waals surface area contributed by atoms with E-state index in [9.17, 15) is 4.79 Å². The highest BCUT2D eigenvalue weighted by molar-refractivity contribution is 7.13. The Morgan fingerprint density at radius 1 is 1.15 bits per heavy atom. The van der Waals surface area contributed by atoms with Crippen LogP contribution in [0.5, 0.6) is 0 Å². The standard InChI is InChI=1S/C18H13N5O2S/c24-18(14-11-19-7-8-20-14)21-13-5-2-1-4-12(13)10-16-22-17(23-25-16)15-6-3-9-26-15/h1-9,11H,10H2,(H,21,24). The maximum atomic E-state index is 12.3. The molecule has 0 radical (unpaired) electrons. The monoisotopic (exact) mass is 363 g/mol. The highest BCUT2D eigenvalue weighted by Gasteiger charge is 2.14. The van der Waals surface area contributed by atoms with Gasteiger partial charge in [0, 0.05) is 18.1 Å². The first-order valence-corrected chi connectivity index (χ1v) is 8.69. The smallest absolute Gasteiger partial charge is 0.275 e. The topological polar surface area (TPSA) is 93.8 Å². The van der Waals surface area contributed by atoms with Crippen LogP contribution in [-0.2, 0) is 6.42 Å². The fourth-order valence-corrected chi connectivity index (χ4v) is 3.04. The molecule has 0 aliphatic carbocycles. The zero-order valence-corrected chi connectivity index (χ0v) is 14.3. The number of thiophene rings is 1. The first-order valence-electron chi connectivity index (χ1n) is 7.81. The molecule has 0 saturated heterocycles. The predicted molar refractivity (Wildman–Crippen MR) is 96.8 cm³/mol. The van der Waals surface area contributed by atoms with Crippen molar-refractivity contribution in [3.63, 3.8) is 0 Å². The molecule has 1 amide bonds. The second-order valence-corrected chi connectivity index (χ2v) is 6.32. The fraction of sp³-hybridized carbons (Fsp3) is 0.0556. The minimum atomic E-state index is -0.324. The number of amides is 1. The predicted octanol–water partition coefficient (Wildman–Crippen LogP) is 3.43. The Balaban J connectivity index is 1.54. The summed E-state index contributed by atoms with van der Waals surface area (Å²) in [5, 5.41) is 8.82. The Morgan fingerprint density at radius 2 is 2.08 bits per heavy atom. The Kier molecular flexibility index (Phi) is 4.48. The summed E-state index contributed by atoms with van der Waals surface area (Å²) in [5.74, 6) is 0.723. The second-order valence-electron chi connectivity index (χ2n) is 5.37. The molecule has 0 spiro atoms. The highest BCUT2D eigenvalue weighted by Crippen LogP contribution is 2.23. The number of rotatable bonds is 5. The van der Waals surface area contributed by atoms with Gasteiger partial charge in [-0.3, -0.25) is 9.78 Å². The van der Waals surface area contributed by atoms with Crippen molar-refractivity contribution in [3.8, 4) is 10.7 Å². The van der Waals surface area contributed by atoms with Gasteiger partial charge in [-0.15, -0.1) is 11.3 Å². The lowest BCUT2D eigenvalue weighted by atomic mass is 10.1. The molecule has 8 heteroatoms. The largest absolute Gasteiger partial charge is 0.339 e. The molecule has 0 aliphatic heterocycles. The van der Waals surface area contributed by atoms with E-state index >= 15 is 0 Å². The van der Waals surface area contributed by atoms with Crippen molar-refractivity contribution in [1.82, 2.24) is 20.1 Å². The van der Waals surface area contributed by atoms with E-state index in [-0.39, 0.29) is 11.6 Å². The zero-order chi connectivity index (χ0) is 17.8. The number of aromatic nitrogens is 4. The third-order valence-corrected chi connectivity index (χ3v) is 4.48. The van der Waals surface area contributed by atoms with Crippen LogP contribution >= 0.6 is 11.3 Å². The van der Waals surface area contributed by atoms with Crippen LogP contribution < -0.4 is 5.32 Å². The van der Waals surface area contributed by atoms with Gasteiger partial charge in [0.1, 0.15) is 5.69 Å². The van der Waals surface area contributed by atoms with Gasteiger partial charge in [0.15, 0.2) is 0 Å². The van der Waals surface area contributed by atoms with Crippen molar-refractivity contribution >= 4 is 22.9 Å². The van der Waals surface area contributed by atoms with E-state index < -0.39 is 0 Å². The third kappa shape index (κ3) is 3.50. The number of hydrogen-bond acceptors (Lipinski definition) is 7. The van der Waals surface area contributed by atoms with Crippen LogP contribution in [0, 0.1) is 0 Å². The summed E-state index contributed by atoms with van der Waals surface area (Å²) in [7, 11) is 0. The normalized spacial score (nSPS) is 10.6.